The number of hydrogen-bond donors (Lipinski definition) is 8. The summed E-state index contributed by atoms with van der Waals surface area (Å²) in [6.45, 7) is 27.2. The molecule has 0 atom stereocenters. The van der Waals surface area contributed by atoms with Gasteiger partial charge in [-0.3, -0.25) is 19.2 Å². The van der Waals surface area contributed by atoms with Gasteiger partial charge in [0.05, 0.1) is 0 Å². The Balaban J connectivity index is 0.000000315. The van der Waals surface area contributed by atoms with Crippen LogP contribution in [0, 0.1) is 78.9 Å². The average Bonchev–Trinajstić information content (AvgIpc) is 0.806. The van der Waals surface area contributed by atoms with Crippen LogP contribution in [0.3, 0.4) is 0 Å². The molecule has 0 spiro atoms. The molecule has 36 nitrogen and oxygen atoms in total. The first-order chi connectivity index (χ1) is 62.6. The minimum atomic E-state index is -0.188. The van der Waals surface area contributed by atoms with E-state index in [1.54, 1.807) is 81.6 Å². The first-order valence-electron chi connectivity index (χ1n) is 44.5. The highest BCUT2D eigenvalue weighted by molar-refractivity contribution is 5.98. The molecule has 4 aromatic heterocycles. The minimum Gasteiger partial charge on any atom is -0.460 e. The van der Waals surface area contributed by atoms with Gasteiger partial charge in [-0.15, -0.1) is 0 Å². The molecule has 131 heavy (non-hydrogen) atoms. The lowest BCUT2D eigenvalue weighted by Crippen LogP contribution is -2.36. The molecule has 0 saturated carbocycles. The van der Waals surface area contributed by atoms with E-state index in [1.165, 1.54) is 0 Å². The van der Waals surface area contributed by atoms with Crippen molar-refractivity contribution in [3.8, 4) is 48.3 Å². The zero-order chi connectivity index (χ0) is 95.4. The fourth-order valence-electron chi connectivity index (χ4n) is 14.8. The smallest absolute Gasteiger partial charge is 0.320 e. The number of aryl methyl sites for hydroxylation is 4. The number of benzene rings is 4. The monoisotopic (exact) mass is 1800 g/mol. The number of nitrogens with zero attached hydrogens (tertiary/aromatic N) is 20. The number of carbonyl (C=O) groups excluding carboxylic acids is 4. The second-order valence-corrected chi connectivity index (χ2v) is 34.4. The van der Waals surface area contributed by atoms with E-state index >= 15 is 0 Å². The lowest BCUT2D eigenvalue weighted by atomic mass is 10.1. The van der Waals surface area contributed by atoms with Crippen molar-refractivity contribution in [1.29, 1.82) is 21.0 Å². The lowest BCUT2D eigenvalue weighted by Gasteiger charge is -2.29. The molecule has 0 unspecified atom stereocenters. The SMILES string of the molecule is CCCN(C)c1nc(OC2CCN(C)CC2)nc(Nc2cc(C(=O)NC)ccc2C)c1C#N.CNC(=O)c1ccc(C)c(Nc2nc(OC3CCN(C)CC3)nc(N(C)C(C)C)c2C#N)c1.CNC(=O)c1ccc(C)c(Nc2nc(OC3CCN(C)CC3)nc(N(C)C)c2C#N)c1.CNC(=O)c1ccc(C)c(Nc2nc(OC3CCN(C)CC3)nc(N(C)CC(C)C)c2C#N)c1.[HH].[HH].[HH].[HH]. The molecule has 12 rings (SSSR count). The summed E-state index contributed by atoms with van der Waals surface area (Å²) in [5.41, 5.74) is 9.82. The molecule has 0 aliphatic carbocycles. The lowest BCUT2D eigenvalue weighted by molar-refractivity contribution is 0.0955. The Kier molecular flexibility index (Phi) is 37.3. The molecule has 0 bridgehead atoms. The van der Waals surface area contributed by atoms with E-state index in [4.69, 9.17) is 18.9 Å². The minimum absolute atomic E-state index is 0. The highest BCUT2D eigenvalue weighted by atomic mass is 16.5. The molecule has 8 heterocycles. The standard InChI is InChI=1S/C25H35N7O2.2C24H33N7O2.C22H29N7O2.4H2/c1-16(2)15-32(6)23-20(14-26)22(28-21-13-18(24(33)27-4)8-7-17(21)3)29-25(30-23)34-19-9-11-31(5)12-10-19;1-15(2)31(6)22-19(14-25)21(27-20-13-17(23(32)26-4)8-7-16(20)3)28-24(29-22)33-18-9-11-30(5)12-10-18;1-6-11-31(5)22-19(15-25)21(27-20-14-17(23(32)26-3)8-7-16(20)2)28-24(29-22)33-18-9-12-30(4)13-10-18;1-14-6-7-15(21(30)24-2)12-18(14)25-19-17(13-23)20(28(3)4)27-22(26-19)31-16-8-10-29(5)11-9-16;;;;/h7-8,13,16,19H,9-12,15H2,1-6H3,(H,27,33)(H,28,29,30);7-8,13,15,18H,9-12H2,1-6H3,(H,26,32)(H,27,28,29);7-8,14,18H,6,9-13H2,1-5H3,(H,26,32)(H,27,28,29);6-7,12,16H,8-11H2,1-5H3,(H,24,30)(H,25,26,27);4*1H. The predicted octanol–water partition coefficient (Wildman–Crippen LogP) is 12.8. The summed E-state index contributed by atoms with van der Waals surface area (Å²) in [5.74, 6) is 3.11. The maximum atomic E-state index is 12.2. The van der Waals surface area contributed by atoms with Crippen LogP contribution in [-0.2, 0) is 0 Å². The summed E-state index contributed by atoms with van der Waals surface area (Å²) in [6, 6.07) is 31.6. The molecule has 4 aromatic carbocycles. The second-order valence-electron chi connectivity index (χ2n) is 34.4. The molecule has 4 fully saturated rings. The number of likely N-dealkylation sites (tertiary alicyclic amines) is 4. The van der Waals surface area contributed by atoms with E-state index in [-0.39, 0.29) is 83.8 Å². The van der Waals surface area contributed by atoms with Crippen molar-refractivity contribution in [2.75, 3.05) is 198 Å². The largest absolute Gasteiger partial charge is 0.460 e. The molecule has 4 amide bonds. The zero-order valence-electron chi connectivity index (χ0n) is 80.0. The number of aromatic nitrogens is 8. The fourth-order valence-corrected chi connectivity index (χ4v) is 14.8. The Bertz CT molecular complexity index is 5460. The highest BCUT2D eigenvalue weighted by Gasteiger charge is 2.31. The molecule has 8 N–H and O–H groups in total. The number of nitrogens with one attached hydrogen (secondary N) is 8. The van der Waals surface area contributed by atoms with Crippen LogP contribution in [0.15, 0.2) is 72.8 Å². The van der Waals surface area contributed by atoms with Gasteiger partial charge in [-0.1, -0.05) is 45.0 Å². The van der Waals surface area contributed by atoms with Crippen molar-refractivity contribution in [3.63, 3.8) is 0 Å². The molecule has 0 radical (unpaired) electrons. The van der Waals surface area contributed by atoms with Crippen LogP contribution in [0.5, 0.6) is 24.0 Å². The zero-order valence-corrected chi connectivity index (χ0v) is 80.0. The van der Waals surface area contributed by atoms with Crippen LogP contribution >= 0.6 is 0 Å². The highest BCUT2D eigenvalue weighted by Crippen LogP contribution is 2.37. The molecule has 4 saturated heterocycles. The number of amides is 4. The van der Waals surface area contributed by atoms with Gasteiger partial charge in [0, 0.05) is 186 Å². The first-order valence-corrected chi connectivity index (χ1v) is 44.5. The molecule has 4 aliphatic heterocycles. The van der Waals surface area contributed by atoms with Gasteiger partial charge in [0.25, 0.3) is 23.6 Å². The third kappa shape index (κ3) is 28.0. The number of anilines is 12. The van der Waals surface area contributed by atoms with Crippen molar-refractivity contribution in [3.05, 3.63) is 140 Å². The van der Waals surface area contributed by atoms with E-state index in [0.717, 1.165) is 145 Å². The Morgan fingerprint density at radius 3 is 0.878 bits per heavy atom. The van der Waals surface area contributed by atoms with Gasteiger partial charge in [-0.2, -0.15) is 60.9 Å². The van der Waals surface area contributed by atoms with Gasteiger partial charge in [-0.05, 0) is 204 Å². The second kappa shape index (κ2) is 48.2. The first kappa shape index (κ1) is 101. The maximum absolute atomic E-state index is 12.2. The summed E-state index contributed by atoms with van der Waals surface area (Å²) in [7, 11) is 24.1. The van der Waals surface area contributed by atoms with Crippen LogP contribution in [0.4, 0.5) is 69.3 Å². The van der Waals surface area contributed by atoms with Gasteiger partial charge in [-0.25, -0.2) is 0 Å². The van der Waals surface area contributed by atoms with Crippen LogP contribution in [0.25, 0.3) is 0 Å². The molecular formula is C95H138N28O8. The van der Waals surface area contributed by atoms with Crippen LogP contribution < -0.4 is 81.1 Å². The van der Waals surface area contributed by atoms with Crippen molar-refractivity contribution in [1.82, 2.24) is 80.7 Å². The van der Waals surface area contributed by atoms with Crippen molar-refractivity contribution in [2.24, 2.45) is 5.92 Å². The van der Waals surface area contributed by atoms with Gasteiger partial charge < -0.3 is 101 Å². The van der Waals surface area contributed by atoms with Crippen LogP contribution in [0.2, 0.25) is 0 Å². The van der Waals surface area contributed by atoms with Crippen molar-refractivity contribution in [2.45, 2.75) is 151 Å². The summed E-state index contributed by atoms with van der Waals surface area (Å²) >= 11 is 0. The van der Waals surface area contributed by atoms with Crippen LogP contribution in [-0.4, -0.2) is 271 Å². The Morgan fingerprint density at radius 1 is 0.397 bits per heavy atom. The van der Waals surface area contributed by atoms with Gasteiger partial charge >= 0.3 is 24.0 Å². The molecule has 4 aliphatic rings. The summed E-state index contributed by atoms with van der Waals surface area (Å²) < 4.78 is 24.6. The Morgan fingerprint density at radius 2 is 0.641 bits per heavy atom. The Hall–Kier alpha value is -13.5. The van der Waals surface area contributed by atoms with Gasteiger partial charge in [0.15, 0.2) is 46.5 Å². The van der Waals surface area contributed by atoms with E-state index < -0.39 is 0 Å². The topological polar surface area (TPSA) is 426 Å². The third-order valence-electron chi connectivity index (χ3n) is 23.0. The van der Waals surface area contributed by atoms with Crippen molar-refractivity contribution < 1.29 is 43.8 Å². The summed E-state index contributed by atoms with van der Waals surface area (Å²) in [5, 5.41) is 63.4. The predicted molar refractivity (Wildman–Crippen MR) is 521 cm³/mol. The number of nitriles is 4. The van der Waals surface area contributed by atoms with Crippen molar-refractivity contribution >= 4 is 92.9 Å². The van der Waals surface area contributed by atoms with E-state index in [2.05, 4.69) is 175 Å². The normalized spacial score (nSPS) is 14.5. The number of piperidine rings is 4. The van der Waals surface area contributed by atoms with Gasteiger partial charge in [0.1, 0.15) is 70.9 Å². The quantitative estimate of drug-likeness (QED) is 0.0216. The van der Waals surface area contributed by atoms with Crippen LogP contribution in [0.1, 0.15) is 184 Å². The number of ether oxygens (including phenoxy) is 4. The van der Waals surface area contributed by atoms with E-state index in [9.17, 15) is 40.2 Å². The number of rotatable bonds is 29. The maximum Gasteiger partial charge on any atom is 0.320 e. The van der Waals surface area contributed by atoms with Gasteiger partial charge in [0.2, 0.25) is 0 Å². The third-order valence-corrected chi connectivity index (χ3v) is 23.0. The fraction of sp³-hybridized carbons (Fsp3) is 0.495. The summed E-state index contributed by atoms with van der Waals surface area (Å²) in [6.07, 6.45) is 8.20. The number of hydrogen-bond acceptors (Lipinski definition) is 32. The Labute approximate surface area is 777 Å². The molecule has 8 aromatic rings. The average molecular weight is 1800 g/mol. The molecule has 36 heteroatoms. The molecule has 706 valence electrons. The van der Waals surface area contributed by atoms with E-state index in [0.29, 0.717) is 120 Å². The number of carbonyl (C=O) groups is 4. The summed E-state index contributed by atoms with van der Waals surface area (Å²) in [4.78, 5) is 102. The van der Waals surface area contributed by atoms with E-state index in [1.807, 2.05) is 116 Å². The molecular weight excluding hydrogens is 1660 g/mol.